The van der Waals surface area contributed by atoms with E-state index in [4.69, 9.17) is 5.73 Å². The molecule has 2 N–H and O–H groups in total. The Kier molecular flexibility index (Phi) is 6.26. The molecule has 2 atom stereocenters. The van der Waals surface area contributed by atoms with Crippen LogP contribution >= 0.6 is 0 Å². The van der Waals surface area contributed by atoms with Crippen LogP contribution in [0, 0.1) is 5.92 Å². The summed E-state index contributed by atoms with van der Waals surface area (Å²) in [4.78, 5) is 2.63. The van der Waals surface area contributed by atoms with Crippen LogP contribution in [0.2, 0.25) is 0 Å². The normalized spacial score (nSPS) is 24.6. The maximum absolute atomic E-state index is 5.91. The molecule has 0 saturated carbocycles. The molecule has 1 aliphatic rings. The summed E-state index contributed by atoms with van der Waals surface area (Å²) in [6, 6.07) is 0.430. The summed E-state index contributed by atoms with van der Waals surface area (Å²) in [7, 11) is 0. The first kappa shape index (κ1) is 13.0. The van der Waals surface area contributed by atoms with Gasteiger partial charge < -0.3 is 10.6 Å². The lowest BCUT2D eigenvalue weighted by atomic mass is 10.0. The molecule has 2 heteroatoms. The van der Waals surface area contributed by atoms with E-state index in [1.165, 1.54) is 51.7 Å². The van der Waals surface area contributed by atoms with Crippen LogP contribution in [0.1, 0.15) is 52.4 Å². The van der Waals surface area contributed by atoms with E-state index in [1.807, 2.05) is 0 Å². The molecule has 2 nitrogen and oxygen atoms in total. The van der Waals surface area contributed by atoms with Crippen molar-refractivity contribution in [1.82, 2.24) is 4.90 Å². The summed E-state index contributed by atoms with van der Waals surface area (Å²) in [5.74, 6) is 0.981. The molecule has 1 aliphatic heterocycles. The standard InChI is InChI=1S/C13H28N2/c1-3-6-12-8-10-15(11-12)9-5-7-13(14)4-2/h12-13H,3-11,14H2,1-2H3. The first-order valence-electron chi connectivity index (χ1n) is 6.74. The fourth-order valence-corrected chi connectivity index (χ4v) is 2.54. The summed E-state index contributed by atoms with van der Waals surface area (Å²) in [6.45, 7) is 8.41. The minimum atomic E-state index is 0.430. The smallest absolute Gasteiger partial charge is 0.00366 e. The average molecular weight is 212 g/mol. The molecule has 1 fully saturated rings. The van der Waals surface area contributed by atoms with Gasteiger partial charge in [-0.05, 0) is 51.1 Å². The molecule has 0 bridgehead atoms. The van der Waals surface area contributed by atoms with E-state index in [-0.39, 0.29) is 0 Å². The molecule has 90 valence electrons. The van der Waals surface area contributed by atoms with Crippen LogP contribution in [0.15, 0.2) is 0 Å². The molecule has 1 rings (SSSR count). The Morgan fingerprint density at radius 2 is 2.20 bits per heavy atom. The van der Waals surface area contributed by atoms with E-state index in [0.717, 1.165) is 12.3 Å². The highest BCUT2D eigenvalue weighted by atomic mass is 15.1. The van der Waals surface area contributed by atoms with Crippen molar-refractivity contribution >= 4 is 0 Å². The van der Waals surface area contributed by atoms with Crippen LogP contribution in [-0.4, -0.2) is 30.6 Å². The second-order valence-corrected chi connectivity index (χ2v) is 5.05. The van der Waals surface area contributed by atoms with Crippen molar-refractivity contribution in [3.8, 4) is 0 Å². The quantitative estimate of drug-likeness (QED) is 0.703. The molecule has 0 aromatic carbocycles. The van der Waals surface area contributed by atoms with Gasteiger partial charge in [-0.25, -0.2) is 0 Å². The van der Waals surface area contributed by atoms with E-state index in [0.29, 0.717) is 6.04 Å². The predicted octanol–water partition coefficient (Wildman–Crippen LogP) is 2.63. The number of rotatable bonds is 7. The van der Waals surface area contributed by atoms with E-state index in [1.54, 1.807) is 0 Å². The number of nitrogens with two attached hydrogens (primary N) is 1. The highest BCUT2D eigenvalue weighted by molar-refractivity contribution is 4.75. The zero-order valence-corrected chi connectivity index (χ0v) is 10.5. The van der Waals surface area contributed by atoms with Crippen molar-refractivity contribution < 1.29 is 0 Å². The molecule has 0 radical (unpaired) electrons. The van der Waals surface area contributed by atoms with Crippen LogP contribution in [0.4, 0.5) is 0 Å². The van der Waals surface area contributed by atoms with Crippen molar-refractivity contribution in [2.75, 3.05) is 19.6 Å². The Morgan fingerprint density at radius 1 is 1.40 bits per heavy atom. The van der Waals surface area contributed by atoms with Gasteiger partial charge in [-0.3, -0.25) is 0 Å². The molecule has 0 spiro atoms. The summed E-state index contributed by atoms with van der Waals surface area (Å²) >= 11 is 0. The third-order valence-corrected chi connectivity index (χ3v) is 3.64. The lowest BCUT2D eigenvalue weighted by Crippen LogP contribution is -2.25. The number of hydrogen-bond acceptors (Lipinski definition) is 2. The van der Waals surface area contributed by atoms with Crippen molar-refractivity contribution in [2.45, 2.75) is 58.4 Å². The SMILES string of the molecule is CCCC1CCN(CCCC(N)CC)C1. The minimum Gasteiger partial charge on any atom is -0.328 e. The van der Waals surface area contributed by atoms with Crippen LogP contribution in [0.5, 0.6) is 0 Å². The van der Waals surface area contributed by atoms with Gasteiger partial charge in [0.05, 0.1) is 0 Å². The highest BCUT2D eigenvalue weighted by Gasteiger charge is 2.20. The Bertz CT molecular complexity index is 159. The van der Waals surface area contributed by atoms with Gasteiger partial charge in [-0.1, -0.05) is 20.3 Å². The number of likely N-dealkylation sites (tertiary alicyclic amines) is 1. The molecule has 1 heterocycles. The Labute approximate surface area is 95.2 Å². The zero-order chi connectivity index (χ0) is 11.1. The van der Waals surface area contributed by atoms with Gasteiger partial charge in [-0.15, -0.1) is 0 Å². The second kappa shape index (κ2) is 7.24. The summed E-state index contributed by atoms with van der Waals surface area (Å²) < 4.78 is 0. The van der Waals surface area contributed by atoms with E-state index >= 15 is 0 Å². The van der Waals surface area contributed by atoms with Crippen molar-refractivity contribution in [2.24, 2.45) is 11.7 Å². The second-order valence-electron chi connectivity index (χ2n) is 5.05. The van der Waals surface area contributed by atoms with Gasteiger partial charge >= 0.3 is 0 Å². The largest absolute Gasteiger partial charge is 0.328 e. The van der Waals surface area contributed by atoms with Gasteiger partial charge in [0.15, 0.2) is 0 Å². The lowest BCUT2D eigenvalue weighted by Gasteiger charge is -2.17. The first-order chi connectivity index (χ1) is 7.26. The molecule has 15 heavy (non-hydrogen) atoms. The average Bonchev–Trinajstić information content (AvgIpc) is 2.66. The first-order valence-corrected chi connectivity index (χ1v) is 6.74. The maximum Gasteiger partial charge on any atom is 0.00366 e. The Balaban J connectivity index is 2.03. The van der Waals surface area contributed by atoms with Crippen molar-refractivity contribution in [3.63, 3.8) is 0 Å². The molecule has 0 aromatic rings. The van der Waals surface area contributed by atoms with Gasteiger partial charge in [0.1, 0.15) is 0 Å². The van der Waals surface area contributed by atoms with Crippen LogP contribution < -0.4 is 5.73 Å². The molecular weight excluding hydrogens is 184 g/mol. The zero-order valence-electron chi connectivity index (χ0n) is 10.5. The van der Waals surface area contributed by atoms with Crippen LogP contribution in [0.25, 0.3) is 0 Å². The summed E-state index contributed by atoms with van der Waals surface area (Å²) in [6.07, 6.45) is 7.80. The minimum absolute atomic E-state index is 0.430. The van der Waals surface area contributed by atoms with Gasteiger partial charge in [0.2, 0.25) is 0 Å². The van der Waals surface area contributed by atoms with Crippen LogP contribution in [0.3, 0.4) is 0 Å². The maximum atomic E-state index is 5.91. The summed E-state index contributed by atoms with van der Waals surface area (Å²) in [5.41, 5.74) is 5.91. The van der Waals surface area contributed by atoms with Crippen molar-refractivity contribution in [3.05, 3.63) is 0 Å². The number of hydrogen-bond donors (Lipinski definition) is 1. The molecule has 0 aliphatic carbocycles. The van der Waals surface area contributed by atoms with Gasteiger partial charge in [-0.2, -0.15) is 0 Å². The molecular formula is C13H28N2. The topological polar surface area (TPSA) is 29.3 Å². The predicted molar refractivity (Wildman–Crippen MR) is 67.0 cm³/mol. The Hall–Kier alpha value is -0.0800. The molecule has 0 aromatic heterocycles. The van der Waals surface area contributed by atoms with Crippen LogP contribution in [-0.2, 0) is 0 Å². The summed E-state index contributed by atoms with van der Waals surface area (Å²) in [5, 5.41) is 0. The number of nitrogens with zero attached hydrogens (tertiary/aromatic N) is 1. The molecule has 1 saturated heterocycles. The fourth-order valence-electron chi connectivity index (χ4n) is 2.54. The fraction of sp³-hybridized carbons (Fsp3) is 1.00. The Morgan fingerprint density at radius 3 is 2.87 bits per heavy atom. The van der Waals surface area contributed by atoms with Gasteiger partial charge in [0.25, 0.3) is 0 Å². The monoisotopic (exact) mass is 212 g/mol. The lowest BCUT2D eigenvalue weighted by molar-refractivity contribution is 0.308. The van der Waals surface area contributed by atoms with E-state index < -0.39 is 0 Å². The third-order valence-electron chi connectivity index (χ3n) is 3.64. The molecule has 0 amide bonds. The van der Waals surface area contributed by atoms with Crippen molar-refractivity contribution in [1.29, 1.82) is 0 Å². The van der Waals surface area contributed by atoms with E-state index in [9.17, 15) is 0 Å². The molecule has 2 unspecified atom stereocenters. The van der Waals surface area contributed by atoms with Gasteiger partial charge in [0, 0.05) is 12.6 Å². The third kappa shape index (κ3) is 4.98. The van der Waals surface area contributed by atoms with E-state index in [2.05, 4.69) is 18.7 Å². The highest BCUT2D eigenvalue weighted by Crippen LogP contribution is 2.21.